The number of hydrogen-bond acceptors (Lipinski definition) is 5. The monoisotopic (exact) mass is 419 g/mol. The highest BCUT2D eigenvalue weighted by molar-refractivity contribution is 7.90. The highest BCUT2D eigenvalue weighted by Gasteiger charge is 2.28. The van der Waals surface area contributed by atoms with E-state index in [9.17, 15) is 16.8 Å². The number of ether oxygens (including phenoxy) is 1. The van der Waals surface area contributed by atoms with E-state index in [0.29, 0.717) is 29.8 Å². The minimum atomic E-state index is -3.82. The number of rotatable bonds is 4. The molecule has 1 aliphatic rings. The molecule has 0 bridgehead atoms. The van der Waals surface area contributed by atoms with E-state index in [1.807, 2.05) is 0 Å². The fourth-order valence-electron chi connectivity index (χ4n) is 3.66. The Balaban J connectivity index is 1.99. The molecule has 0 spiro atoms. The fraction of sp³-hybridized carbons (Fsp3) is 0.300. The molecule has 1 aliphatic heterocycles. The molecule has 28 heavy (non-hydrogen) atoms. The van der Waals surface area contributed by atoms with Crippen molar-refractivity contribution < 1.29 is 21.6 Å². The van der Waals surface area contributed by atoms with E-state index < -0.39 is 19.9 Å². The Morgan fingerprint density at radius 2 is 1.57 bits per heavy atom. The molecule has 1 fully saturated rings. The van der Waals surface area contributed by atoms with Crippen LogP contribution in [-0.4, -0.2) is 40.3 Å². The summed E-state index contributed by atoms with van der Waals surface area (Å²) >= 11 is 0. The van der Waals surface area contributed by atoms with Crippen LogP contribution in [0.5, 0.6) is 0 Å². The summed E-state index contributed by atoms with van der Waals surface area (Å²) in [5, 5.41) is 0.601. The molecule has 1 aromatic heterocycles. The molecule has 148 valence electrons. The predicted octanol–water partition coefficient (Wildman–Crippen LogP) is 3.18. The number of aromatic nitrogens is 1. The van der Waals surface area contributed by atoms with E-state index >= 15 is 0 Å². The first-order chi connectivity index (χ1) is 13.3. The van der Waals surface area contributed by atoms with Crippen LogP contribution in [0.1, 0.15) is 24.5 Å². The van der Waals surface area contributed by atoms with E-state index in [4.69, 9.17) is 4.74 Å². The first-order valence-electron chi connectivity index (χ1n) is 9.02. The maximum absolute atomic E-state index is 13.5. The van der Waals surface area contributed by atoms with E-state index in [1.165, 1.54) is 10.0 Å². The second-order valence-corrected chi connectivity index (χ2v) is 10.8. The zero-order valence-electron chi connectivity index (χ0n) is 15.4. The summed E-state index contributed by atoms with van der Waals surface area (Å²) in [5.74, 6) is 0.0290. The average Bonchev–Trinajstić information content (AvgIpc) is 3.08. The summed E-state index contributed by atoms with van der Waals surface area (Å²) in [6.07, 6.45) is 2.59. The van der Waals surface area contributed by atoms with Crippen molar-refractivity contribution in [1.82, 2.24) is 3.97 Å². The van der Waals surface area contributed by atoms with E-state index in [1.54, 1.807) is 48.5 Å². The summed E-state index contributed by atoms with van der Waals surface area (Å²) in [6.45, 7) is 1.15. The first kappa shape index (κ1) is 19.2. The number of sulfone groups is 1. The maximum atomic E-state index is 13.5. The summed E-state index contributed by atoms with van der Waals surface area (Å²) < 4.78 is 57.6. The van der Waals surface area contributed by atoms with Crippen molar-refractivity contribution in [3.05, 3.63) is 60.3 Å². The Morgan fingerprint density at radius 1 is 0.893 bits per heavy atom. The van der Waals surface area contributed by atoms with Crippen molar-refractivity contribution in [2.75, 3.05) is 19.5 Å². The van der Waals surface area contributed by atoms with Gasteiger partial charge in [0, 0.05) is 36.5 Å². The van der Waals surface area contributed by atoms with Crippen LogP contribution in [0.2, 0.25) is 0 Å². The van der Waals surface area contributed by atoms with E-state index in [2.05, 4.69) is 0 Å². The van der Waals surface area contributed by atoms with Crippen molar-refractivity contribution in [2.45, 2.75) is 28.6 Å². The average molecular weight is 420 g/mol. The van der Waals surface area contributed by atoms with Gasteiger partial charge in [-0.15, -0.1) is 0 Å². The van der Waals surface area contributed by atoms with Gasteiger partial charge in [0.1, 0.15) is 0 Å². The second kappa shape index (κ2) is 7.02. The molecule has 2 heterocycles. The topological polar surface area (TPSA) is 82.4 Å². The lowest BCUT2D eigenvalue weighted by Gasteiger charge is -2.24. The van der Waals surface area contributed by atoms with Gasteiger partial charge >= 0.3 is 0 Å². The molecule has 0 aliphatic carbocycles. The van der Waals surface area contributed by atoms with Crippen molar-refractivity contribution >= 4 is 30.8 Å². The molecule has 2 aromatic carbocycles. The van der Waals surface area contributed by atoms with Crippen molar-refractivity contribution in [1.29, 1.82) is 0 Å². The van der Waals surface area contributed by atoms with Gasteiger partial charge < -0.3 is 4.74 Å². The summed E-state index contributed by atoms with van der Waals surface area (Å²) in [4.78, 5) is 0.376. The highest BCUT2D eigenvalue weighted by Crippen LogP contribution is 2.35. The van der Waals surface area contributed by atoms with Gasteiger partial charge in [0.2, 0.25) is 0 Å². The van der Waals surface area contributed by atoms with Gasteiger partial charge in [-0.1, -0.05) is 18.2 Å². The molecule has 0 atom stereocenters. The summed E-state index contributed by atoms with van der Waals surface area (Å²) in [5.41, 5.74) is 1.16. The second-order valence-electron chi connectivity index (χ2n) is 7.03. The first-order valence-corrected chi connectivity index (χ1v) is 12.4. The third-order valence-corrected chi connectivity index (χ3v) is 7.97. The van der Waals surface area contributed by atoms with Gasteiger partial charge in [-0.25, -0.2) is 20.8 Å². The Morgan fingerprint density at radius 3 is 2.21 bits per heavy atom. The molecule has 0 amide bonds. The maximum Gasteiger partial charge on any atom is 0.268 e. The van der Waals surface area contributed by atoms with Crippen LogP contribution in [0.15, 0.2) is 64.4 Å². The molecule has 0 unspecified atom stereocenters. The van der Waals surface area contributed by atoms with Crippen LogP contribution < -0.4 is 0 Å². The fourth-order valence-corrected chi connectivity index (χ4v) is 5.94. The lowest BCUT2D eigenvalue weighted by atomic mass is 9.97. The molecule has 0 saturated carbocycles. The minimum absolute atomic E-state index is 0.0290. The number of fused-ring (bicyclic) bond motifs is 1. The van der Waals surface area contributed by atoms with Crippen LogP contribution in [-0.2, 0) is 24.6 Å². The van der Waals surface area contributed by atoms with Crippen molar-refractivity contribution in [3.63, 3.8) is 0 Å². The van der Waals surface area contributed by atoms with Crippen LogP contribution in [0.3, 0.4) is 0 Å². The number of benzene rings is 2. The lowest BCUT2D eigenvalue weighted by Crippen LogP contribution is -2.21. The SMILES string of the molecule is CS(=O)(=O)c1ccc2c(c1)cc(C1CCOCC1)n2S(=O)(=O)c1ccccc1. The van der Waals surface area contributed by atoms with Gasteiger partial charge in [-0.3, -0.25) is 0 Å². The Hall–Kier alpha value is -2.16. The molecular formula is C20H21NO5S2. The number of hydrogen-bond donors (Lipinski definition) is 0. The lowest BCUT2D eigenvalue weighted by molar-refractivity contribution is 0.0844. The Kier molecular flexibility index (Phi) is 4.81. The van der Waals surface area contributed by atoms with Gasteiger partial charge in [0.25, 0.3) is 10.0 Å². The van der Waals surface area contributed by atoms with Gasteiger partial charge in [0.15, 0.2) is 9.84 Å². The number of nitrogens with zero attached hydrogens (tertiary/aromatic N) is 1. The van der Waals surface area contributed by atoms with Gasteiger partial charge in [-0.2, -0.15) is 0 Å². The van der Waals surface area contributed by atoms with Crippen LogP contribution in [0.25, 0.3) is 10.9 Å². The smallest absolute Gasteiger partial charge is 0.268 e. The molecule has 0 N–H and O–H groups in total. The van der Waals surface area contributed by atoms with E-state index in [0.717, 1.165) is 19.1 Å². The van der Waals surface area contributed by atoms with E-state index in [-0.39, 0.29) is 15.7 Å². The van der Waals surface area contributed by atoms with Crippen LogP contribution >= 0.6 is 0 Å². The normalized spacial score (nSPS) is 16.5. The standard InChI is InChI=1S/C20H21NO5S2/c1-27(22,23)18-7-8-19-16(13-18)14-20(15-9-11-26-12-10-15)21(19)28(24,25)17-5-3-2-4-6-17/h2-8,13-15H,9-12H2,1H3. The third-order valence-electron chi connectivity index (χ3n) is 5.10. The van der Waals surface area contributed by atoms with Crippen molar-refractivity contribution in [3.8, 4) is 0 Å². The summed E-state index contributed by atoms with van der Waals surface area (Å²) in [6, 6.07) is 14.7. The molecule has 1 saturated heterocycles. The van der Waals surface area contributed by atoms with Gasteiger partial charge in [-0.05, 0) is 49.2 Å². The zero-order valence-corrected chi connectivity index (χ0v) is 17.0. The molecule has 6 nitrogen and oxygen atoms in total. The Labute approximate surface area is 164 Å². The molecule has 0 radical (unpaired) electrons. The molecule has 8 heteroatoms. The zero-order chi connectivity index (χ0) is 19.9. The summed E-state index contributed by atoms with van der Waals surface area (Å²) in [7, 11) is -7.21. The minimum Gasteiger partial charge on any atom is -0.381 e. The molecular weight excluding hydrogens is 398 g/mol. The van der Waals surface area contributed by atoms with Crippen LogP contribution in [0, 0.1) is 0 Å². The highest BCUT2D eigenvalue weighted by atomic mass is 32.2. The quantitative estimate of drug-likeness (QED) is 0.649. The third kappa shape index (κ3) is 3.36. The van der Waals surface area contributed by atoms with Gasteiger partial charge in [0.05, 0.1) is 15.3 Å². The molecule has 3 aromatic rings. The van der Waals surface area contributed by atoms with Crippen LogP contribution in [0.4, 0.5) is 0 Å². The van der Waals surface area contributed by atoms with Crippen molar-refractivity contribution in [2.24, 2.45) is 0 Å². The largest absolute Gasteiger partial charge is 0.381 e. The Bertz CT molecular complexity index is 1220. The molecule has 4 rings (SSSR count). The predicted molar refractivity (Wildman–Crippen MR) is 107 cm³/mol.